The van der Waals surface area contributed by atoms with Gasteiger partial charge in [-0.3, -0.25) is 9.36 Å². The van der Waals surface area contributed by atoms with Crippen LogP contribution >= 0.6 is 0 Å². The second-order valence-electron chi connectivity index (χ2n) is 7.84. The minimum atomic E-state index is -0.563. The van der Waals surface area contributed by atoms with E-state index in [0.29, 0.717) is 55.1 Å². The molecule has 0 bridgehead atoms. The molecule has 0 spiro atoms. The van der Waals surface area contributed by atoms with Gasteiger partial charge in [0.15, 0.2) is 11.4 Å². The average Bonchev–Trinajstić information content (AvgIpc) is 3.47. The summed E-state index contributed by atoms with van der Waals surface area (Å²) in [4.78, 5) is 42.8. The number of carbonyl (C=O) groups is 1. The number of anilines is 2. The summed E-state index contributed by atoms with van der Waals surface area (Å²) in [5, 5.41) is 2.82. The molecule has 2 saturated heterocycles. The number of nitrogens with one attached hydrogen (secondary N) is 1. The molecule has 0 saturated carbocycles. The third kappa shape index (κ3) is 4.28. The van der Waals surface area contributed by atoms with Gasteiger partial charge in [-0.2, -0.15) is 15.0 Å². The van der Waals surface area contributed by atoms with E-state index in [2.05, 4.69) is 30.1 Å². The first kappa shape index (κ1) is 20.4. The minimum Gasteiger partial charge on any atom is -0.408 e. The van der Waals surface area contributed by atoms with Gasteiger partial charge in [0, 0.05) is 26.2 Å². The highest BCUT2D eigenvalue weighted by molar-refractivity contribution is 5.79. The molecule has 0 radical (unpaired) electrons. The fraction of sp³-hybridized carbons (Fsp3) is 0.476. The van der Waals surface area contributed by atoms with Crippen LogP contribution in [-0.2, 0) is 22.6 Å². The molecular weight excluding hydrogens is 414 g/mol. The number of benzene rings is 1. The molecule has 2 aliphatic heterocycles. The molecule has 5 rings (SSSR count). The summed E-state index contributed by atoms with van der Waals surface area (Å²) < 4.78 is 11.9. The third-order valence-corrected chi connectivity index (χ3v) is 5.66. The van der Waals surface area contributed by atoms with E-state index < -0.39 is 5.76 Å². The molecule has 0 unspecified atom stereocenters. The number of hydrogen-bond acceptors (Lipinski definition) is 9. The Labute approximate surface area is 184 Å². The van der Waals surface area contributed by atoms with Gasteiger partial charge in [-0.05, 0) is 25.0 Å². The molecule has 2 fully saturated rings. The van der Waals surface area contributed by atoms with Gasteiger partial charge in [0.25, 0.3) is 0 Å². The minimum absolute atomic E-state index is 0.143. The van der Waals surface area contributed by atoms with Crippen molar-refractivity contribution in [3.8, 4) is 0 Å². The van der Waals surface area contributed by atoms with E-state index >= 15 is 0 Å². The van der Waals surface area contributed by atoms with E-state index in [-0.39, 0.29) is 19.0 Å². The van der Waals surface area contributed by atoms with E-state index in [1.807, 2.05) is 0 Å². The summed E-state index contributed by atoms with van der Waals surface area (Å²) in [5.41, 5.74) is 1.03. The van der Waals surface area contributed by atoms with Gasteiger partial charge in [-0.1, -0.05) is 12.1 Å². The van der Waals surface area contributed by atoms with Crippen molar-refractivity contribution < 1.29 is 13.9 Å². The van der Waals surface area contributed by atoms with Crippen molar-refractivity contribution >= 4 is 28.9 Å². The summed E-state index contributed by atoms with van der Waals surface area (Å²) >= 11 is 0. The molecule has 2 aliphatic rings. The number of para-hydroxylation sites is 2. The fourth-order valence-electron chi connectivity index (χ4n) is 3.98. The zero-order chi connectivity index (χ0) is 21.9. The van der Waals surface area contributed by atoms with Crippen LogP contribution in [0.3, 0.4) is 0 Å². The number of carbonyl (C=O) groups excluding carboxylic acids is 1. The topological polar surface area (TPSA) is 119 Å². The Bertz CT molecular complexity index is 1160. The van der Waals surface area contributed by atoms with Crippen LogP contribution in [-0.4, -0.2) is 64.8 Å². The zero-order valence-electron chi connectivity index (χ0n) is 17.7. The Morgan fingerprint density at radius 3 is 2.41 bits per heavy atom. The lowest BCUT2D eigenvalue weighted by Crippen LogP contribution is -2.38. The van der Waals surface area contributed by atoms with E-state index in [4.69, 9.17) is 9.15 Å². The van der Waals surface area contributed by atoms with Crippen LogP contribution < -0.4 is 20.9 Å². The predicted octanol–water partition coefficient (Wildman–Crippen LogP) is 0.533. The molecule has 4 heterocycles. The smallest absolute Gasteiger partial charge is 0.408 e. The van der Waals surface area contributed by atoms with Crippen molar-refractivity contribution in [3.05, 3.63) is 40.6 Å². The van der Waals surface area contributed by atoms with E-state index in [0.717, 1.165) is 25.9 Å². The highest BCUT2D eigenvalue weighted by Gasteiger charge is 2.21. The molecule has 11 nitrogen and oxygen atoms in total. The molecule has 1 aromatic carbocycles. The number of oxazole rings is 1. The monoisotopic (exact) mass is 439 g/mol. The average molecular weight is 439 g/mol. The number of ether oxygens (including phenoxy) is 1. The van der Waals surface area contributed by atoms with E-state index in [9.17, 15) is 9.59 Å². The maximum Gasteiger partial charge on any atom is 0.420 e. The Balaban J connectivity index is 1.32. The molecule has 1 N–H and O–H groups in total. The van der Waals surface area contributed by atoms with Crippen molar-refractivity contribution in [3.63, 3.8) is 0 Å². The van der Waals surface area contributed by atoms with Gasteiger partial charge in [-0.25, -0.2) is 4.79 Å². The molecule has 1 amide bonds. The SMILES string of the molecule is O=C(Cn1c(=O)oc2ccccc21)NCc1nc(N2CCCC2)nc(N2CCOCC2)n1. The van der Waals surface area contributed by atoms with Crippen molar-refractivity contribution in [2.45, 2.75) is 25.9 Å². The summed E-state index contributed by atoms with van der Waals surface area (Å²) in [7, 11) is 0. The van der Waals surface area contributed by atoms with Crippen LogP contribution in [0.1, 0.15) is 18.7 Å². The fourth-order valence-corrected chi connectivity index (χ4v) is 3.98. The predicted molar refractivity (Wildman–Crippen MR) is 117 cm³/mol. The number of aromatic nitrogens is 4. The van der Waals surface area contributed by atoms with Crippen LogP contribution in [0.15, 0.2) is 33.5 Å². The first-order valence-corrected chi connectivity index (χ1v) is 10.8. The van der Waals surface area contributed by atoms with Crippen molar-refractivity contribution in [2.24, 2.45) is 0 Å². The molecule has 2 aromatic heterocycles. The van der Waals surface area contributed by atoms with E-state index in [1.54, 1.807) is 24.3 Å². The van der Waals surface area contributed by atoms with Crippen LogP contribution in [0.4, 0.5) is 11.9 Å². The second kappa shape index (κ2) is 8.95. The number of rotatable bonds is 6. The van der Waals surface area contributed by atoms with Crippen molar-refractivity contribution in [1.82, 2.24) is 24.8 Å². The van der Waals surface area contributed by atoms with Crippen molar-refractivity contribution in [1.29, 1.82) is 0 Å². The van der Waals surface area contributed by atoms with Gasteiger partial charge in [0.1, 0.15) is 6.54 Å². The Morgan fingerprint density at radius 2 is 1.66 bits per heavy atom. The van der Waals surface area contributed by atoms with Crippen LogP contribution in [0.2, 0.25) is 0 Å². The Kier molecular flexibility index (Phi) is 5.71. The van der Waals surface area contributed by atoms with Gasteiger partial charge in [-0.15, -0.1) is 0 Å². The molecule has 0 atom stereocenters. The maximum absolute atomic E-state index is 12.6. The molecule has 3 aromatic rings. The summed E-state index contributed by atoms with van der Waals surface area (Å²) in [6.45, 7) is 4.51. The number of morpholine rings is 1. The van der Waals surface area contributed by atoms with Crippen LogP contribution in [0, 0.1) is 0 Å². The summed E-state index contributed by atoms with van der Waals surface area (Å²) in [6, 6.07) is 7.02. The Morgan fingerprint density at radius 1 is 0.969 bits per heavy atom. The molecular formula is C21H25N7O4. The van der Waals surface area contributed by atoms with Gasteiger partial charge in [0.2, 0.25) is 17.8 Å². The lowest BCUT2D eigenvalue weighted by atomic mass is 10.3. The first-order valence-electron chi connectivity index (χ1n) is 10.8. The number of hydrogen-bond donors (Lipinski definition) is 1. The highest BCUT2D eigenvalue weighted by atomic mass is 16.5. The van der Waals surface area contributed by atoms with E-state index in [1.165, 1.54) is 4.57 Å². The number of fused-ring (bicyclic) bond motifs is 1. The lowest BCUT2D eigenvalue weighted by molar-refractivity contribution is -0.121. The third-order valence-electron chi connectivity index (χ3n) is 5.66. The summed E-state index contributed by atoms with van der Waals surface area (Å²) in [5.74, 6) is 0.843. The van der Waals surface area contributed by atoms with Gasteiger partial charge >= 0.3 is 5.76 Å². The van der Waals surface area contributed by atoms with Crippen molar-refractivity contribution in [2.75, 3.05) is 49.2 Å². The molecule has 0 aliphatic carbocycles. The standard InChI is InChI=1S/C21H25N7O4/c29-18(14-28-15-5-1-2-6-16(15)32-21(28)30)22-13-17-23-19(26-7-3-4-8-26)25-20(24-17)27-9-11-31-12-10-27/h1-2,5-6H,3-4,7-14H2,(H,22,29). The summed E-state index contributed by atoms with van der Waals surface area (Å²) in [6.07, 6.45) is 2.22. The van der Waals surface area contributed by atoms with Crippen LogP contribution in [0.25, 0.3) is 11.1 Å². The maximum atomic E-state index is 12.6. The van der Waals surface area contributed by atoms with Gasteiger partial charge in [0.05, 0.1) is 25.3 Å². The second-order valence-corrected chi connectivity index (χ2v) is 7.84. The molecule has 32 heavy (non-hydrogen) atoms. The zero-order valence-corrected chi connectivity index (χ0v) is 17.7. The molecule has 11 heteroatoms. The number of amides is 1. The largest absolute Gasteiger partial charge is 0.420 e. The molecule has 168 valence electrons. The Hall–Kier alpha value is -3.47. The van der Waals surface area contributed by atoms with Gasteiger partial charge < -0.3 is 24.3 Å². The van der Waals surface area contributed by atoms with Crippen LogP contribution in [0.5, 0.6) is 0 Å². The highest BCUT2D eigenvalue weighted by Crippen LogP contribution is 2.19. The first-order chi connectivity index (χ1) is 15.7. The number of nitrogens with zero attached hydrogens (tertiary/aromatic N) is 6. The normalized spacial score (nSPS) is 16.6. The lowest BCUT2D eigenvalue weighted by Gasteiger charge is -2.28. The quantitative estimate of drug-likeness (QED) is 0.587.